The summed E-state index contributed by atoms with van der Waals surface area (Å²) in [5, 5.41) is 3.41. The molecule has 0 fully saturated rings. The SMILES string of the molecule is CNC(=O)c1ccc(-c2c(C(N)=O)c(CC(C)C)nc3c2ccn3C(C)c2ccc(F)cc2)s1. The molecule has 1 unspecified atom stereocenters. The summed E-state index contributed by atoms with van der Waals surface area (Å²) in [7, 11) is 1.58. The molecule has 1 atom stereocenters. The molecule has 0 saturated heterocycles. The first-order chi connectivity index (χ1) is 16.2. The third kappa shape index (κ3) is 4.33. The van der Waals surface area contributed by atoms with Crippen LogP contribution in [0.15, 0.2) is 48.7 Å². The first-order valence-corrected chi connectivity index (χ1v) is 11.9. The van der Waals surface area contributed by atoms with Crippen LogP contribution in [0, 0.1) is 11.7 Å². The minimum Gasteiger partial charge on any atom is -0.366 e. The summed E-state index contributed by atoms with van der Waals surface area (Å²) in [6, 6.07) is 11.8. The molecule has 0 bridgehead atoms. The summed E-state index contributed by atoms with van der Waals surface area (Å²) < 4.78 is 15.5. The molecule has 0 aliphatic heterocycles. The Balaban J connectivity index is 1.99. The predicted molar refractivity (Wildman–Crippen MR) is 134 cm³/mol. The van der Waals surface area contributed by atoms with Gasteiger partial charge < -0.3 is 15.6 Å². The van der Waals surface area contributed by atoms with Gasteiger partial charge in [-0.05, 0) is 55.2 Å². The van der Waals surface area contributed by atoms with Gasteiger partial charge in [-0.25, -0.2) is 9.37 Å². The summed E-state index contributed by atoms with van der Waals surface area (Å²) in [5.41, 5.74) is 9.24. The largest absolute Gasteiger partial charge is 0.366 e. The van der Waals surface area contributed by atoms with Crippen molar-refractivity contribution in [2.45, 2.75) is 33.2 Å². The van der Waals surface area contributed by atoms with Crippen LogP contribution in [0.1, 0.15) is 58.1 Å². The summed E-state index contributed by atoms with van der Waals surface area (Å²) >= 11 is 1.31. The van der Waals surface area contributed by atoms with Crippen molar-refractivity contribution in [3.05, 3.63) is 76.2 Å². The maximum absolute atomic E-state index is 13.5. The van der Waals surface area contributed by atoms with Crippen LogP contribution in [-0.4, -0.2) is 28.4 Å². The lowest BCUT2D eigenvalue weighted by Crippen LogP contribution is -2.18. The quantitative estimate of drug-likeness (QED) is 0.384. The monoisotopic (exact) mass is 478 g/mol. The van der Waals surface area contributed by atoms with Gasteiger partial charge in [-0.15, -0.1) is 11.3 Å². The molecule has 6 nitrogen and oxygen atoms in total. The fraction of sp³-hybridized carbons (Fsp3) is 0.269. The number of nitrogens with one attached hydrogen (secondary N) is 1. The van der Waals surface area contributed by atoms with Crippen LogP contribution >= 0.6 is 11.3 Å². The summed E-state index contributed by atoms with van der Waals surface area (Å²) in [5.74, 6) is -0.774. The van der Waals surface area contributed by atoms with Crippen molar-refractivity contribution in [2.75, 3.05) is 7.05 Å². The van der Waals surface area contributed by atoms with E-state index in [1.165, 1.54) is 23.5 Å². The van der Waals surface area contributed by atoms with E-state index in [-0.39, 0.29) is 23.7 Å². The number of aromatic nitrogens is 2. The van der Waals surface area contributed by atoms with Gasteiger partial charge in [0.05, 0.1) is 22.2 Å². The van der Waals surface area contributed by atoms with Gasteiger partial charge in [0.2, 0.25) is 0 Å². The number of primary amides is 1. The Morgan fingerprint density at radius 1 is 1.12 bits per heavy atom. The van der Waals surface area contributed by atoms with Gasteiger partial charge in [0.25, 0.3) is 11.8 Å². The van der Waals surface area contributed by atoms with Crippen LogP contribution in [0.3, 0.4) is 0 Å². The highest BCUT2D eigenvalue weighted by Gasteiger charge is 2.25. The van der Waals surface area contributed by atoms with E-state index in [1.807, 2.05) is 29.8 Å². The number of thiophene rings is 1. The molecule has 3 N–H and O–H groups in total. The molecule has 4 rings (SSSR count). The lowest BCUT2D eigenvalue weighted by atomic mass is 9.96. The molecule has 34 heavy (non-hydrogen) atoms. The van der Waals surface area contributed by atoms with Gasteiger partial charge in [0.15, 0.2) is 0 Å². The van der Waals surface area contributed by atoms with Gasteiger partial charge in [-0.3, -0.25) is 9.59 Å². The van der Waals surface area contributed by atoms with E-state index in [2.05, 4.69) is 19.2 Å². The Hall–Kier alpha value is -3.52. The molecule has 0 radical (unpaired) electrons. The number of hydrogen-bond acceptors (Lipinski definition) is 4. The highest BCUT2D eigenvalue weighted by atomic mass is 32.1. The minimum absolute atomic E-state index is 0.116. The van der Waals surface area contributed by atoms with E-state index in [1.54, 1.807) is 25.2 Å². The fourth-order valence-electron chi connectivity index (χ4n) is 4.20. The molecule has 0 aliphatic rings. The molecule has 1 aromatic carbocycles. The topological polar surface area (TPSA) is 90.0 Å². The van der Waals surface area contributed by atoms with Crippen molar-refractivity contribution in [3.8, 4) is 10.4 Å². The number of pyridine rings is 1. The third-order valence-electron chi connectivity index (χ3n) is 5.86. The highest BCUT2D eigenvalue weighted by Crippen LogP contribution is 2.39. The molecule has 0 spiro atoms. The highest BCUT2D eigenvalue weighted by molar-refractivity contribution is 7.17. The fourth-order valence-corrected chi connectivity index (χ4v) is 5.22. The van der Waals surface area contributed by atoms with Crippen LogP contribution in [0.25, 0.3) is 21.5 Å². The van der Waals surface area contributed by atoms with Crippen molar-refractivity contribution >= 4 is 34.2 Å². The Morgan fingerprint density at radius 3 is 2.44 bits per heavy atom. The molecule has 3 heterocycles. The van der Waals surface area contributed by atoms with Crippen molar-refractivity contribution in [1.29, 1.82) is 0 Å². The lowest BCUT2D eigenvalue weighted by molar-refractivity contribution is 0.0965. The van der Waals surface area contributed by atoms with Crippen molar-refractivity contribution < 1.29 is 14.0 Å². The van der Waals surface area contributed by atoms with Crippen molar-refractivity contribution in [3.63, 3.8) is 0 Å². The molecular formula is C26H27FN4O2S. The Labute approximate surface area is 201 Å². The number of halogens is 1. The Kier molecular flexibility index (Phi) is 6.52. The number of nitrogens with two attached hydrogens (primary N) is 1. The smallest absolute Gasteiger partial charge is 0.261 e. The van der Waals surface area contributed by atoms with Crippen LogP contribution in [0.4, 0.5) is 4.39 Å². The van der Waals surface area contributed by atoms with Crippen LogP contribution < -0.4 is 11.1 Å². The second-order valence-electron chi connectivity index (χ2n) is 8.70. The predicted octanol–water partition coefficient (Wildman–Crippen LogP) is 5.17. The second kappa shape index (κ2) is 9.38. The summed E-state index contributed by atoms with van der Waals surface area (Å²) in [6.07, 6.45) is 2.50. The van der Waals surface area contributed by atoms with Crippen LogP contribution in [-0.2, 0) is 6.42 Å². The number of nitrogens with zero attached hydrogens (tertiary/aromatic N) is 2. The van der Waals surface area contributed by atoms with Gasteiger partial charge in [-0.2, -0.15) is 0 Å². The lowest BCUT2D eigenvalue weighted by Gasteiger charge is -2.18. The molecule has 0 saturated carbocycles. The van der Waals surface area contributed by atoms with E-state index >= 15 is 0 Å². The number of fused-ring (bicyclic) bond motifs is 1. The molecule has 3 aromatic heterocycles. The number of amides is 2. The van der Waals surface area contributed by atoms with Crippen molar-refractivity contribution in [2.24, 2.45) is 11.7 Å². The number of benzene rings is 1. The van der Waals surface area contributed by atoms with Crippen LogP contribution in [0.5, 0.6) is 0 Å². The minimum atomic E-state index is -0.547. The van der Waals surface area contributed by atoms with Gasteiger partial charge in [0, 0.05) is 29.1 Å². The summed E-state index contributed by atoms with van der Waals surface area (Å²) in [6.45, 7) is 6.14. The first kappa shape index (κ1) is 23.6. The van der Waals surface area contributed by atoms with Crippen LogP contribution in [0.2, 0.25) is 0 Å². The number of hydrogen-bond donors (Lipinski definition) is 2. The molecule has 176 valence electrons. The Morgan fingerprint density at radius 2 is 1.82 bits per heavy atom. The third-order valence-corrected chi connectivity index (χ3v) is 6.96. The average molecular weight is 479 g/mol. The zero-order valence-corrected chi connectivity index (χ0v) is 20.4. The average Bonchev–Trinajstić information content (AvgIpc) is 3.44. The molecular weight excluding hydrogens is 451 g/mol. The van der Waals surface area contributed by atoms with E-state index in [0.717, 1.165) is 15.8 Å². The maximum atomic E-state index is 13.5. The zero-order valence-electron chi connectivity index (χ0n) is 19.6. The molecule has 8 heteroatoms. The van der Waals surface area contributed by atoms with Crippen molar-refractivity contribution in [1.82, 2.24) is 14.9 Å². The van der Waals surface area contributed by atoms with E-state index < -0.39 is 5.91 Å². The summed E-state index contributed by atoms with van der Waals surface area (Å²) in [4.78, 5) is 31.1. The standard InChI is InChI=1S/C26H27FN4O2S/c1-14(2)13-19-23(24(28)32)22(20-9-10-21(34-20)26(33)29-4)18-11-12-31(25(18)30-19)15(3)16-5-7-17(27)8-6-16/h5-12,14-15H,13H2,1-4H3,(H2,28,32)(H,29,33). The number of carbonyl (C=O) groups excluding carboxylic acids is 2. The molecule has 4 aromatic rings. The van der Waals surface area contributed by atoms with Gasteiger partial charge in [-0.1, -0.05) is 26.0 Å². The number of carbonyl (C=O) groups is 2. The normalized spacial score (nSPS) is 12.3. The van der Waals surface area contributed by atoms with E-state index in [0.29, 0.717) is 33.8 Å². The second-order valence-corrected chi connectivity index (χ2v) is 9.79. The number of rotatable bonds is 7. The molecule has 0 aliphatic carbocycles. The molecule has 2 amide bonds. The zero-order chi connectivity index (χ0) is 24.6. The van der Waals surface area contributed by atoms with E-state index in [9.17, 15) is 14.0 Å². The Bertz CT molecular complexity index is 1370. The first-order valence-electron chi connectivity index (χ1n) is 11.1. The van der Waals surface area contributed by atoms with Gasteiger partial charge in [0.1, 0.15) is 11.5 Å². The maximum Gasteiger partial charge on any atom is 0.261 e. The van der Waals surface area contributed by atoms with E-state index in [4.69, 9.17) is 10.7 Å². The van der Waals surface area contributed by atoms with Gasteiger partial charge >= 0.3 is 0 Å².